The average molecular weight is 487 g/mol. The topological polar surface area (TPSA) is 88.9 Å². The monoisotopic (exact) mass is 486 g/mol. The highest BCUT2D eigenvalue weighted by atomic mass is 16.7. The van der Waals surface area contributed by atoms with Gasteiger partial charge in [0.15, 0.2) is 17.5 Å². The van der Waals surface area contributed by atoms with Gasteiger partial charge in [0.1, 0.15) is 0 Å². The fraction of sp³-hybridized carbons (Fsp3) is 0.321. The first-order chi connectivity index (χ1) is 17.5. The molecule has 0 fully saturated rings. The quantitative estimate of drug-likeness (QED) is 0.482. The number of pyridine rings is 1. The largest absolute Gasteiger partial charge is 0.464 e. The highest BCUT2D eigenvalue weighted by molar-refractivity contribution is 6.05. The van der Waals surface area contributed by atoms with E-state index in [0.717, 1.165) is 51.7 Å². The maximum Gasteiger partial charge on any atom is 0.337 e. The number of aromatic nitrogens is 2. The molecular weight excluding hydrogens is 460 g/mol. The summed E-state index contributed by atoms with van der Waals surface area (Å²) in [6, 6.07) is 7.19. The normalized spacial score (nSPS) is 19.4. The Morgan fingerprint density at radius 3 is 2.72 bits per heavy atom. The van der Waals surface area contributed by atoms with Crippen molar-refractivity contribution in [3.8, 4) is 22.8 Å². The number of esters is 2. The molecule has 4 heterocycles. The van der Waals surface area contributed by atoms with E-state index < -0.39 is 18.0 Å². The Kier molecular flexibility index (Phi) is 5.32. The summed E-state index contributed by atoms with van der Waals surface area (Å²) in [4.78, 5) is 30.8. The van der Waals surface area contributed by atoms with Crippen molar-refractivity contribution in [1.29, 1.82) is 0 Å². The minimum Gasteiger partial charge on any atom is -0.464 e. The van der Waals surface area contributed by atoms with Crippen molar-refractivity contribution in [2.45, 2.75) is 39.2 Å². The molecular formula is C28H26N2O6. The molecule has 0 amide bonds. The molecule has 2 atom stereocenters. The van der Waals surface area contributed by atoms with Crippen LogP contribution in [-0.4, -0.2) is 41.5 Å². The summed E-state index contributed by atoms with van der Waals surface area (Å²) in [5.74, 6) is 0.593. The second kappa shape index (κ2) is 8.55. The average Bonchev–Trinajstić information content (AvgIpc) is 3.56. The molecule has 184 valence electrons. The number of hydrogen-bond donors (Lipinski definition) is 0. The van der Waals surface area contributed by atoms with E-state index in [2.05, 4.69) is 12.1 Å². The van der Waals surface area contributed by atoms with Crippen molar-refractivity contribution in [2.24, 2.45) is 0 Å². The molecule has 1 aromatic carbocycles. The first kappa shape index (κ1) is 22.4. The van der Waals surface area contributed by atoms with E-state index in [-0.39, 0.29) is 25.9 Å². The predicted molar refractivity (Wildman–Crippen MR) is 132 cm³/mol. The zero-order valence-corrected chi connectivity index (χ0v) is 20.4. The molecule has 0 saturated carbocycles. The van der Waals surface area contributed by atoms with Crippen LogP contribution in [0.4, 0.5) is 0 Å². The standard InChI is InChI=1S/C28H26N2O6/c1-4-33-27(31)24-15(3)21-12-18-20(13-30(21)26(24)28(32)34-5-2)29-19-8-6-7-17(25(18)19)16-9-10-22-23(11-16)36-14-35-22/h6,8-13,17,26H,4-5,7,14H2,1-3H3/t17?,26-/m1/s1. The van der Waals surface area contributed by atoms with Crippen LogP contribution in [0.1, 0.15) is 61.7 Å². The van der Waals surface area contributed by atoms with Crippen molar-refractivity contribution in [3.05, 3.63) is 64.6 Å². The first-order valence-corrected chi connectivity index (χ1v) is 12.2. The lowest BCUT2D eigenvalue weighted by Crippen LogP contribution is -2.26. The van der Waals surface area contributed by atoms with Gasteiger partial charge in [0.2, 0.25) is 6.79 Å². The van der Waals surface area contributed by atoms with Crippen LogP contribution in [0.2, 0.25) is 0 Å². The predicted octanol–water partition coefficient (Wildman–Crippen LogP) is 4.72. The molecule has 8 heteroatoms. The molecule has 1 aliphatic carbocycles. The van der Waals surface area contributed by atoms with Crippen molar-refractivity contribution in [2.75, 3.05) is 20.0 Å². The Morgan fingerprint density at radius 2 is 1.92 bits per heavy atom. The van der Waals surface area contributed by atoms with Crippen LogP contribution in [0.15, 0.2) is 42.1 Å². The number of ether oxygens (including phenoxy) is 4. The lowest BCUT2D eigenvalue weighted by Gasteiger charge is -2.22. The van der Waals surface area contributed by atoms with Gasteiger partial charge in [-0.3, -0.25) is 0 Å². The summed E-state index contributed by atoms with van der Waals surface area (Å²) >= 11 is 0. The second-order valence-corrected chi connectivity index (χ2v) is 8.99. The Bertz CT molecular complexity index is 1430. The van der Waals surface area contributed by atoms with Crippen LogP contribution in [-0.2, 0) is 19.1 Å². The maximum atomic E-state index is 13.0. The number of rotatable bonds is 5. The number of allylic oxidation sites excluding steroid dienone is 2. The van der Waals surface area contributed by atoms with Crippen LogP contribution in [0.25, 0.3) is 22.9 Å². The Morgan fingerprint density at radius 1 is 1.11 bits per heavy atom. The molecule has 1 unspecified atom stereocenters. The zero-order chi connectivity index (χ0) is 25.0. The molecule has 4 aliphatic heterocycles. The van der Waals surface area contributed by atoms with Crippen molar-refractivity contribution < 1.29 is 28.5 Å². The van der Waals surface area contributed by atoms with E-state index in [9.17, 15) is 9.59 Å². The van der Waals surface area contributed by atoms with Gasteiger partial charge < -0.3 is 23.5 Å². The van der Waals surface area contributed by atoms with E-state index in [4.69, 9.17) is 23.9 Å². The summed E-state index contributed by atoms with van der Waals surface area (Å²) in [6.07, 6.45) is 6.86. The second-order valence-electron chi connectivity index (χ2n) is 8.99. The van der Waals surface area contributed by atoms with E-state index in [1.807, 2.05) is 37.4 Å². The molecule has 36 heavy (non-hydrogen) atoms. The van der Waals surface area contributed by atoms with Crippen LogP contribution in [0, 0.1) is 0 Å². The van der Waals surface area contributed by atoms with Crippen LogP contribution in [0.5, 0.6) is 11.5 Å². The van der Waals surface area contributed by atoms with E-state index in [0.29, 0.717) is 11.1 Å². The van der Waals surface area contributed by atoms with E-state index in [1.165, 1.54) is 0 Å². The Balaban J connectivity index is 1.50. The lowest BCUT2D eigenvalue weighted by molar-refractivity contribution is -0.149. The van der Waals surface area contributed by atoms with E-state index in [1.54, 1.807) is 18.4 Å². The van der Waals surface area contributed by atoms with Crippen LogP contribution < -0.4 is 9.47 Å². The summed E-state index contributed by atoms with van der Waals surface area (Å²) in [5.41, 5.74) is 6.69. The summed E-state index contributed by atoms with van der Waals surface area (Å²) < 4.78 is 23.5. The summed E-state index contributed by atoms with van der Waals surface area (Å²) in [7, 11) is 0. The molecule has 6 rings (SSSR count). The molecule has 1 aromatic rings. The number of hydrogen-bond acceptors (Lipinski definition) is 7. The molecule has 0 spiro atoms. The van der Waals surface area contributed by atoms with Gasteiger partial charge in [-0.2, -0.15) is 0 Å². The Hall–Kier alpha value is -4.07. The third-order valence-corrected chi connectivity index (χ3v) is 7.04. The number of carbonyl (C=O) groups is 2. The van der Waals surface area contributed by atoms with Gasteiger partial charge in [-0.25, -0.2) is 14.6 Å². The first-order valence-electron chi connectivity index (χ1n) is 12.2. The van der Waals surface area contributed by atoms with Crippen molar-refractivity contribution in [1.82, 2.24) is 9.55 Å². The summed E-state index contributed by atoms with van der Waals surface area (Å²) in [5, 5.41) is 0. The van der Waals surface area contributed by atoms with Gasteiger partial charge in [-0.15, -0.1) is 0 Å². The third-order valence-electron chi connectivity index (χ3n) is 7.04. The van der Waals surface area contributed by atoms with Gasteiger partial charge in [-0.05, 0) is 68.2 Å². The van der Waals surface area contributed by atoms with Gasteiger partial charge >= 0.3 is 11.9 Å². The third kappa shape index (κ3) is 3.31. The van der Waals surface area contributed by atoms with E-state index >= 15 is 0 Å². The lowest BCUT2D eigenvalue weighted by atomic mass is 9.82. The molecule has 0 radical (unpaired) electrons. The fourth-order valence-electron chi connectivity index (χ4n) is 5.47. The van der Waals surface area contributed by atoms with Gasteiger partial charge in [0.05, 0.1) is 30.2 Å². The van der Waals surface area contributed by atoms with Crippen LogP contribution >= 0.6 is 0 Å². The Labute approximate surface area is 208 Å². The molecule has 5 aliphatic rings. The van der Waals surface area contributed by atoms with Crippen molar-refractivity contribution in [3.63, 3.8) is 0 Å². The van der Waals surface area contributed by atoms with Gasteiger partial charge in [0, 0.05) is 23.4 Å². The zero-order valence-electron chi connectivity index (χ0n) is 20.4. The molecule has 0 N–H and O–H groups in total. The molecule has 0 saturated heterocycles. The number of fused-ring (bicyclic) bond motifs is 5. The van der Waals surface area contributed by atoms with Crippen molar-refractivity contribution >= 4 is 23.6 Å². The van der Waals surface area contributed by atoms with Crippen LogP contribution in [0.3, 0.4) is 0 Å². The highest BCUT2D eigenvalue weighted by Crippen LogP contribution is 2.47. The minimum absolute atomic E-state index is 0.0867. The molecule has 0 aromatic heterocycles. The smallest absolute Gasteiger partial charge is 0.337 e. The fourth-order valence-corrected chi connectivity index (χ4v) is 5.47. The minimum atomic E-state index is -0.905. The summed E-state index contributed by atoms with van der Waals surface area (Å²) in [6.45, 7) is 6.01. The number of benzene rings is 1. The van der Waals surface area contributed by atoms with Gasteiger partial charge in [-0.1, -0.05) is 12.1 Å². The molecule has 0 bridgehead atoms. The highest BCUT2D eigenvalue weighted by Gasteiger charge is 2.41. The maximum absolute atomic E-state index is 13.0. The molecule has 8 nitrogen and oxygen atoms in total. The number of nitrogens with zero attached hydrogens (tertiary/aromatic N) is 2. The SMILES string of the molecule is CCOC(=O)C1=C(C)c2cc3c4c(nc-3cn2[C@H]1C(=O)OCC)C=CCC4c1ccc2c(c1)OCO2. The van der Waals surface area contributed by atoms with Gasteiger partial charge in [0.25, 0.3) is 0 Å². The number of carbonyl (C=O) groups excluding carboxylic acids is 2.